The minimum atomic E-state index is -0.102. The van der Waals surface area contributed by atoms with Gasteiger partial charge in [0.15, 0.2) is 12.3 Å². The molecule has 0 spiro atoms. The number of allylic oxidation sites excluding steroid dienone is 8. The number of likely N-dealkylation sites (N-methyl/N-ethyl adjacent to an activating group) is 1. The second-order valence-corrected chi connectivity index (χ2v) is 13.6. The summed E-state index contributed by atoms with van der Waals surface area (Å²) in [6, 6.07) is 26.6. The monoisotopic (exact) mass is 587 g/mol. The lowest BCUT2D eigenvalue weighted by molar-refractivity contribution is -0.455. The minimum Gasteiger partial charge on any atom is -0.344 e. The third kappa shape index (κ3) is 5.25. The zero-order valence-electron chi connectivity index (χ0n) is 26.5. The molecule has 0 amide bonds. The van der Waals surface area contributed by atoms with E-state index in [1.54, 1.807) is 0 Å². The topological polar surface area (TPSA) is 6.25 Å². The van der Waals surface area contributed by atoms with Gasteiger partial charge in [0.1, 0.15) is 0 Å². The molecule has 0 N–H and O–H groups in total. The van der Waals surface area contributed by atoms with Crippen LogP contribution in [0, 0.1) is 6.92 Å². The number of nitrogens with zero attached hydrogens (tertiary/aromatic N) is 2. The molecule has 0 fully saturated rings. The van der Waals surface area contributed by atoms with Gasteiger partial charge in [0.2, 0.25) is 5.69 Å². The van der Waals surface area contributed by atoms with Gasteiger partial charge in [-0.3, -0.25) is 0 Å². The molecule has 1 aliphatic carbocycles. The van der Waals surface area contributed by atoms with Crippen LogP contribution in [0.4, 0.5) is 11.4 Å². The summed E-state index contributed by atoms with van der Waals surface area (Å²) >= 11 is 7.19. The fourth-order valence-corrected chi connectivity index (χ4v) is 7.55. The smallest absolute Gasteiger partial charge is 0.210 e. The van der Waals surface area contributed by atoms with E-state index in [1.807, 2.05) is 0 Å². The van der Waals surface area contributed by atoms with Gasteiger partial charge in [-0.1, -0.05) is 104 Å². The van der Waals surface area contributed by atoms with Gasteiger partial charge in [0.25, 0.3) is 0 Å². The molecule has 0 saturated carbocycles. The summed E-state index contributed by atoms with van der Waals surface area (Å²) in [5.74, 6) is 0. The van der Waals surface area contributed by atoms with Crippen molar-refractivity contribution < 1.29 is 4.58 Å². The van der Waals surface area contributed by atoms with Crippen LogP contribution < -0.4 is 4.90 Å². The number of aryl methyl sites for hydroxylation is 1. The van der Waals surface area contributed by atoms with E-state index in [2.05, 4.69) is 148 Å². The molecule has 0 aromatic heterocycles. The van der Waals surface area contributed by atoms with Gasteiger partial charge in [-0.05, 0) is 75.8 Å². The van der Waals surface area contributed by atoms with E-state index in [0.29, 0.717) is 0 Å². The fourth-order valence-electron chi connectivity index (χ4n) is 7.24. The van der Waals surface area contributed by atoms with Crippen molar-refractivity contribution >= 4 is 28.7 Å². The molecule has 2 nitrogen and oxygen atoms in total. The first-order chi connectivity index (χ1) is 20.6. The Labute approximate surface area is 263 Å². The molecule has 0 radical (unpaired) electrons. The molecule has 0 saturated heterocycles. The van der Waals surface area contributed by atoms with Crippen LogP contribution in [0.5, 0.6) is 0 Å². The summed E-state index contributed by atoms with van der Waals surface area (Å²) in [5.41, 5.74) is 13.0. The van der Waals surface area contributed by atoms with Gasteiger partial charge >= 0.3 is 0 Å². The van der Waals surface area contributed by atoms with Crippen LogP contribution in [0.25, 0.3) is 0 Å². The summed E-state index contributed by atoms with van der Waals surface area (Å²) < 4.78 is 2.49. The third-order valence-corrected chi connectivity index (χ3v) is 10.2. The zero-order valence-corrected chi connectivity index (χ0v) is 27.3. The Morgan fingerprint density at radius 3 is 2.26 bits per heavy atom. The van der Waals surface area contributed by atoms with E-state index >= 15 is 0 Å². The fraction of sp³-hybridized carbons (Fsp3) is 0.325. The summed E-state index contributed by atoms with van der Waals surface area (Å²) in [4.78, 5) is 2.45. The number of fused-ring (bicyclic) bond motifs is 2. The maximum atomic E-state index is 7.19. The normalized spacial score (nSPS) is 21.0. The van der Waals surface area contributed by atoms with Gasteiger partial charge in [0.05, 0.1) is 5.41 Å². The van der Waals surface area contributed by atoms with Crippen LogP contribution in [0.15, 0.2) is 119 Å². The van der Waals surface area contributed by atoms with Crippen molar-refractivity contribution in [1.29, 1.82) is 0 Å². The van der Waals surface area contributed by atoms with Crippen molar-refractivity contribution in [1.82, 2.24) is 0 Å². The molecular weight excluding hydrogens is 544 g/mol. The van der Waals surface area contributed by atoms with Crippen molar-refractivity contribution in [2.75, 3.05) is 11.4 Å². The minimum absolute atomic E-state index is 0.0438. The number of hydrogen-bond acceptors (Lipinski definition) is 1. The number of anilines is 1. The van der Waals surface area contributed by atoms with Gasteiger partial charge < -0.3 is 4.90 Å². The molecule has 2 aliphatic heterocycles. The van der Waals surface area contributed by atoms with Crippen LogP contribution >= 0.6 is 11.6 Å². The second-order valence-electron chi connectivity index (χ2n) is 13.3. The Bertz CT molecular complexity index is 1710. The van der Waals surface area contributed by atoms with Gasteiger partial charge in [0, 0.05) is 51.6 Å². The van der Waals surface area contributed by atoms with Crippen LogP contribution in [0.3, 0.4) is 0 Å². The molecule has 0 unspecified atom stereocenters. The lowest BCUT2D eigenvalue weighted by Gasteiger charge is -2.26. The summed E-state index contributed by atoms with van der Waals surface area (Å²) in [6.45, 7) is 15.5. The molecule has 2 heterocycles. The highest BCUT2D eigenvalue weighted by Gasteiger charge is 2.44. The molecule has 0 atom stereocenters. The first-order valence-corrected chi connectivity index (χ1v) is 16.2. The maximum absolute atomic E-state index is 7.19. The summed E-state index contributed by atoms with van der Waals surface area (Å²) in [7, 11) is 0. The average Bonchev–Trinajstić information content (AvgIpc) is 3.35. The van der Waals surface area contributed by atoms with Gasteiger partial charge in [-0.2, -0.15) is 4.58 Å². The SMILES string of the molecule is CCN1C(=CC=C2CCCC(C=CC3=[N+](Cc4ccc(C)cc4)c4ccccc4C3(C)C)=C2Cl)C(C)(C)c2ccccc21. The van der Waals surface area contributed by atoms with E-state index in [4.69, 9.17) is 11.6 Å². The Kier molecular flexibility index (Phi) is 7.86. The number of benzene rings is 3. The Balaban J connectivity index is 1.35. The number of hydrogen-bond donors (Lipinski definition) is 0. The van der Waals surface area contributed by atoms with E-state index in [9.17, 15) is 0 Å². The van der Waals surface area contributed by atoms with Crippen molar-refractivity contribution in [2.45, 2.75) is 78.2 Å². The Morgan fingerprint density at radius 1 is 0.814 bits per heavy atom. The highest BCUT2D eigenvalue weighted by molar-refractivity contribution is 6.32. The van der Waals surface area contributed by atoms with Crippen molar-refractivity contribution in [3.8, 4) is 0 Å². The Morgan fingerprint density at radius 2 is 1.51 bits per heavy atom. The quantitative estimate of drug-likeness (QED) is 0.260. The predicted octanol–water partition coefficient (Wildman–Crippen LogP) is 10.4. The van der Waals surface area contributed by atoms with Gasteiger partial charge in [-0.15, -0.1) is 0 Å². The van der Waals surface area contributed by atoms with Crippen LogP contribution in [-0.4, -0.2) is 16.8 Å². The van der Waals surface area contributed by atoms with E-state index in [1.165, 1.54) is 56.2 Å². The molecule has 3 aliphatic rings. The van der Waals surface area contributed by atoms with Crippen LogP contribution in [0.1, 0.15) is 76.1 Å². The van der Waals surface area contributed by atoms with Crippen LogP contribution in [-0.2, 0) is 17.4 Å². The van der Waals surface area contributed by atoms with Crippen molar-refractivity contribution in [3.63, 3.8) is 0 Å². The van der Waals surface area contributed by atoms with E-state index in [-0.39, 0.29) is 10.8 Å². The van der Waals surface area contributed by atoms with E-state index < -0.39 is 0 Å². The Hall–Kier alpha value is -3.62. The lowest BCUT2D eigenvalue weighted by Crippen LogP contribution is -2.27. The molecule has 6 rings (SSSR count). The largest absolute Gasteiger partial charge is 0.344 e. The lowest BCUT2D eigenvalue weighted by atomic mass is 9.81. The number of rotatable bonds is 6. The molecule has 3 aromatic rings. The highest BCUT2D eigenvalue weighted by atomic mass is 35.5. The molecule has 3 aromatic carbocycles. The van der Waals surface area contributed by atoms with Crippen molar-refractivity contribution in [2.24, 2.45) is 0 Å². The molecular formula is C40H44ClN2+. The second kappa shape index (κ2) is 11.5. The standard InChI is InChI=1S/C40H44ClN2/c1-7-42-34-17-10-8-15-32(34)39(3,4)36(42)25-23-30-13-12-14-31(38(30)41)24-26-37-40(5,6)33-16-9-11-18-35(33)43(37)27-29-21-19-28(2)20-22-29/h8-11,15-26H,7,12-14,27H2,1-6H3/q+1. The zero-order chi connectivity index (χ0) is 30.4. The summed E-state index contributed by atoms with van der Waals surface area (Å²) in [5, 5.41) is 0.912. The molecule has 0 bridgehead atoms. The average molecular weight is 588 g/mol. The first kappa shape index (κ1) is 29.5. The maximum Gasteiger partial charge on any atom is 0.210 e. The first-order valence-electron chi connectivity index (χ1n) is 15.8. The number of para-hydroxylation sites is 2. The molecule has 3 heteroatoms. The van der Waals surface area contributed by atoms with E-state index in [0.717, 1.165) is 37.4 Å². The van der Waals surface area contributed by atoms with Crippen LogP contribution in [0.2, 0.25) is 0 Å². The molecule has 220 valence electrons. The summed E-state index contributed by atoms with van der Waals surface area (Å²) in [6.07, 6.45) is 12.4. The number of halogens is 1. The predicted molar refractivity (Wildman–Crippen MR) is 184 cm³/mol. The van der Waals surface area contributed by atoms with Crippen molar-refractivity contribution in [3.05, 3.63) is 141 Å². The van der Waals surface area contributed by atoms with Gasteiger partial charge in [-0.25, -0.2) is 0 Å². The highest BCUT2D eigenvalue weighted by Crippen LogP contribution is 2.48. The molecule has 43 heavy (non-hydrogen) atoms. The third-order valence-electron chi connectivity index (χ3n) is 9.72.